The Kier molecular flexibility index (Phi) is 5.21. The van der Waals surface area contributed by atoms with Gasteiger partial charge in [-0.15, -0.1) is 0 Å². The molecule has 0 aromatic heterocycles. The molecule has 0 N–H and O–H groups in total. The SMILES string of the molecule is CC(C)(C)c1cc2c3c(c1)N(c1ccc4c(c1)OCO4)c1cc4c(cc1B3c1cc3c(cc1N2c1ccc2c(c1)OCO2)OCO3)OCO4. The molecule has 5 aromatic carbocycles. The van der Waals surface area contributed by atoms with E-state index in [1.54, 1.807) is 0 Å². The molecule has 0 radical (unpaired) electrons. The van der Waals surface area contributed by atoms with Crippen molar-refractivity contribution in [2.24, 2.45) is 0 Å². The maximum absolute atomic E-state index is 6.00. The number of hydrogen-bond donors (Lipinski definition) is 0. The van der Waals surface area contributed by atoms with E-state index in [0.29, 0.717) is 23.0 Å². The van der Waals surface area contributed by atoms with E-state index in [2.05, 4.69) is 91.2 Å². The van der Waals surface area contributed by atoms with Gasteiger partial charge in [-0.1, -0.05) is 20.8 Å². The van der Waals surface area contributed by atoms with Gasteiger partial charge < -0.3 is 47.7 Å². The molecule has 0 saturated heterocycles. The molecule has 0 saturated carbocycles. The van der Waals surface area contributed by atoms with Crippen LogP contribution in [-0.2, 0) is 5.41 Å². The summed E-state index contributed by atoms with van der Waals surface area (Å²) >= 11 is 0. The van der Waals surface area contributed by atoms with Gasteiger partial charge in [0.05, 0.1) is 11.4 Å². The van der Waals surface area contributed by atoms with Crippen LogP contribution in [0.15, 0.2) is 72.8 Å². The summed E-state index contributed by atoms with van der Waals surface area (Å²) in [6.45, 7) is 7.32. The van der Waals surface area contributed by atoms with Crippen LogP contribution >= 0.6 is 0 Å². The summed E-state index contributed by atoms with van der Waals surface area (Å²) < 4.78 is 47.1. The first-order valence-electron chi connectivity index (χ1n) is 16.3. The largest absolute Gasteiger partial charge is 0.454 e. The van der Waals surface area contributed by atoms with Crippen LogP contribution in [0.25, 0.3) is 0 Å². The maximum Gasteiger partial charge on any atom is 0.252 e. The van der Waals surface area contributed by atoms with Crippen molar-refractivity contribution < 1.29 is 37.9 Å². The minimum absolute atomic E-state index is 0.163. The normalized spacial score (nSPS) is 16.5. The Labute approximate surface area is 282 Å². The molecule has 0 aliphatic carbocycles. The number of nitrogens with zero attached hydrogens (tertiary/aromatic N) is 2. The number of benzene rings is 5. The Balaban J connectivity index is 1.25. The van der Waals surface area contributed by atoms with Gasteiger partial charge in [-0.2, -0.15) is 0 Å². The first kappa shape index (κ1) is 27.2. The first-order valence-corrected chi connectivity index (χ1v) is 16.3. The molecule has 0 atom stereocenters. The Bertz CT molecular complexity index is 2140. The van der Waals surface area contributed by atoms with Gasteiger partial charge in [-0.05, 0) is 75.9 Å². The Morgan fingerprint density at radius 3 is 1.27 bits per heavy atom. The van der Waals surface area contributed by atoms with E-state index in [1.165, 1.54) is 5.56 Å². The summed E-state index contributed by atoms with van der Waals surface area (Å²) in [5.74, 6) is 5.75. The van der Waals surface area contributed by atoms with E-state index in [-0.39, 0.29) is 39.3 Å². The molecule has 6 aliphatic heterocycles. The van der Waals surface area contributed by atoms with Crippen molar-refractivity contribution in [2.45, 2.75) is 26.2 Å². The fourth-order valence-electron chi connectivity index (χ4n) is 7.81. The lowest BCUT2D eigenvalue weighted by atomic mass is 9.33. The van der Waals surface area contributed by atoms with Crippen molar-refractivity contribution >= 4 is 57.2 Å². The molecule has 5 aromatic rings. The third kappa shape index (κ3) is 3.78. The van der Waals surface area contributed by atoms with E-state index in [4.69, 9.17) is 37.9 Å². The molecule has 0 bridgehead atoms. The average molecular weight is 652 g/mol. The highest BCUT2D eigenvalue weighted by molar-refractivity contribution is 7.00. The van der Waals surface area contributed by atoms with Crippen molar-refractivity contribution in [3.05, 3.63) is 78.4 Å². The third-order valence-electron chi connectivity index (χ3n) is 10.1. The zero-order valence-corrected chi connectivity index (χ0v) is 27.0. The molecule has 11 heteroatoms. The van der Waals surface area contributed by atoms with Crippen LogP contribution < -0.4 is 64.1 Å². The molecule has 49 heavy (non-hydrogen) atoms. The summed E-state index contributed by atoms with van der Waals surface area (Å²) in [5, 5.41) is 0. The highest BCUT2D eigenvalue weighted by atomic mass is 16.7. The molecule has 0 unspecified atom stereocenters. The van der Waals surface area contributed by atoms with Gasteiger partial charge in [0.2, 0.25) is 27.2 Å². The van der Waals surface area contributed by atoms with Gasteiger partial charge in [-0.3, -0.25) is 0 Å². The van der Waals surface area contributed by atoms with Crippen LogP contribution in [0.4, 0.5) is 34.1 Å². The van der Waals surface area contributed by atoms with E-state index in [9.17, 15) is 0 Å². The van der Waals surface area contributed by atoms with Crippen molar-refractivity contribution in [2.75, 3.05) is 37.0 Å². The molecule has 11 rings (SSSR count). The zero-order chi connectivity index (χ0) is 32.6. The summed E-state index contributed by atoms with van der Waals surface area (Å²) in [7, 11) is 0. The molecular weight excluding hydrogens is 623 g/mol. The number of hydrogen-bond acceptors (Lipinski definition) is 10. The van der Waals surface area contributed by atoms with Crippen molar-refractivity contribution in [3.63, 3.8) is 0 Å². The summed E-state index contributed by atoms with van der Waals surface area (Å²) in [4.78, 5) is 4.64. The predicted octanol–water partition coefficient (Wildman–Crippen LogP) is 5.98. The van der Waals surface area contributed by atoms with Crippen LogP contribution in [0.1, 0.15) is 26.3 Å². The Hall–Kier alpha value is -5.84. The molecular formula is C38H29BN2O8. The van der Waals surface area contributed by atoms with Crippen molar-refractivity contribution in [1.82, 2.24) is 0 Å². The quantitative estimate of drug-likeness (QED) is 0.208. The number of anilines is 6. The van der Waals surface area contributed by atoms with Gasteiger partial charge in [0.25, 0.3) is 6.71 Å². The molecule has 6 aliphatic rings. The average Bonchev–Trinajstić information content (AvgIpc) is 3.92. The summed E-state index contributed by atoms with van der Waals surface area (Å²) in [5.41, 5.74) is 10.4. The summed E-state index contributed by atoms with van der Waals surface area (Å²) in [6.07, 6.45) is 0. The standard InChI is InChI=1S/C38H29BN2O8/c1-38(2,3)20-8-27-37-28(9-20)41(22-5-7-30-32(11-22)45-17-43-30)26-15-36-34(47-19-49-36)13-24(26)39(37)23-12-33-35(48-18-46-33)14-25(23)40(27)21-4-6-29-31(10-21)44-16-42-29/h4-15H,16-19H2,1-3H3. The van der Waals surface area contributed by atoms with Gasteiger partial charge in [0.15, 0.2) is 46.0 Å². The van der Waals surface area contributed by atoms with Crippen LogP contribution in [0.3, 0.4) is 0 Å². The fraction of sp³-hybridized carbons (Fsp3) is 0.211. The van der Waals surface area contributed by atoms with Crippen LogP contribution in [0.5, 0.6) is 46.0 Å². The molecule has 0 amide bonds. The highest BCUT2D eigenvalue weighted by Crippen LogP contribution is 2.51. The number of rotatable bonds is 2. The molecule has 10 nitrogen and oxygen atoms in total. The lowest BCUT2D eigenvalue weighted by molar-refractivity contribution is 0.173. The second-order valence-corrected chi connectivity index (χ2v) is 13.9. The zero-order valence-electron chi connectivity index (χ0n) is 27.0. The van der Waals surface area contributed by atoms with Gasteiger partial charge in [0, 0.05) is 47.0 Å². The van der Waals surface area contributed by atoms with E-state index in [0.717, 1.165) is 73.5 Å². The summed E-state index contributed by atoms with van der Waals surface area (Å²) in [6, 6.07) is 25.4. The molecule has 0 fully saturated rings. The van der Waals surface area contributed by atoms with Crippen LogP contribution in [0, 0.1) is 0 Å². The first-order chi connectivity index (χ1) is 23.9. The second-order valence-electron chi connectivity index (χ2n) is 13.9. The molecule has 6 heterocycles. The maximum atomic E-state index is 6.00. The smallest absolute Gasteiger partial charge is 0.252 e. The minimum Gasteiger partial charge on any atom is -0.454 e. The highest BCUT2D eigenvalue weighted by Gasteiger charge is 2.46. The van der Waals surface area contributed by atoms with E-state index >= 15 is 0 Å². The predicted molar refractivity (Wildman–Crippen MR) is 184 cm³/mol. The minimum atomic E-state index is -0.174. The fourth-order valence-corrected chi connectivity index (χ4v) is 7.81. The third-order valence-corrected chi connectivity index (χ3v) is 10.1. The molecule has 242 valence electrons. The van der Waals surface area contributed by atoms with E-state index in [1.807, 2.05) is 12.1 Å². The molecule has 0 spiro atoms. The van der Waals surface area contributed by atoms with Crippen molar-refractivity contribution in [3.8, 4) is 46.0 Å². The topological polar surface area (TPSA) is 80.3 Å². The number of ether oxygens (including phenoxy) is 8. The van der Waals surface area contributed by atoms with Crippen LogP contribution in [0.2, 0.25) is 0 Å². The van der Waals surface area contributed by atoms with Gasteiger partial charge in [-0.25, -0.2) is 0 Å². The van der Waals surface area contributed by atoms with Crippen molar-refractivity contribution in [1.29, 1.82) is 0 Å². The Morgan fingerprint density at radius 1 is 0.449 bits per heavy atom. The Morgan fingerprint density at radius 2 is 0.837 bits per heavy atom. The van der Waals surface area contributed by atoms with E-state index < -0.39 is 0 Å². The van der Waals surface area contributed by atoms with Gasteiger partial charge in [0.1, 0.15) is 0 Å². The van der Waals surface area contributed by atoms with Gasteiger partial charge >= 0.3 is 0 Å². The lowest BCUT2D eigenvalue weighted by Crippen LogP contribution is -2.61. The van der Waals surface area contributed by atoms with Crippen LogP contribution in [-0.4, -0.2) is 33.9 Å². The monoisotopic (exact) mass is 652 g/mol. The number of fused-ring (bicyclic) bond motifs is 8. The second kappa shape index (κ2) is 9.40. The lowest BCUT2D eigenvalue weighted by Gasteiger charge is -2.45.